The lowest BCUT2D eigenvalue weighted by Gasteiger charge is -2.23. The Labute approximate surface area is 152 Å². The zero-order valence-corrected chi connectivity index (χ0v) is 15.8. The fraction of sp³-hybridized carbons (Fsp3) is 0.250. The number of amides is 2. The van der Waals surface area contributed by atoms with Crippen molar-refractivity contribution in [1.82, 2.24) is 9.88 Å². The number of benzene rings is 1. The van der Waals surface area contributed by atoms with Crippen LogP contribution in [0.15, 0.2) is 51.7 Å². The first-order chi connectivity index (χ1) is 11.1. The van der Waals surface area contributed by atoms with Gasteiger partial charge in [-0.05, 0) is 45.8 Å². The Balaban J connectivity index is 2.11. The minimum atomic E-state index is -0.190. The van der Waals surface area contributed by atoms with Crippen LogP contribution >= 0.6 is 31.9 Å². The molecule has 0 atom stereocenters. The molecule has 122 valence electrons. The average Bonchev–Trinajstić information content (AvgIpc) is 2.55. The average molecular weight is 443 g/mol. The molecule has 0 aliphatic rings. The van der Waals surface area contributed by atoms with Crippen molar-refractivity contribution < 1.29 is 9.53 Å². The molecule has 2 aromatic rings. The molecule has 0 radical (unpaired) electrons. The van der Waals surface area contributed by atoms with Crippen molar-refractivity contribution >= 4 is 43.6 Å². The number of rotatable bonds is 6. The van der Waals surface area contributed by atoms with Crippen molar-refractivity contribution in [2.45, 2.75) is 6.54 Å². The summed E-state index contributed by atoms with van der Waals surface area (Å²) in [6.07, 6.45) is 3.46. The van der Waals surface area contributed by atoms with E-state index in [1.54, 1.807) is 24.4 Å². The molecule has 0 unspecified atom stereocenters. The van der Waals surface area contributed by atoms with Gasteiger partial charge in [-0.25, -0.2) is 4.79 Å². The van der Waals surface area contributed by atoms with E-state index in [1.165, 1.54) is 0 Å². The Morgan fingerprint density at radius 1 is 1.35 bits per heavy atom. The molecule has 0 saturated heterocycles. The summed E-state index contributed by atoms with van der Waals surface area (Å²) >= 11 is 6.84. The number of hydrogen-bond acceptors (Lipinski definition) is 3. The highest BCUT2D eigenvalue weighted by molar-refractivity contribution is 9.11. The number of hydrogen-bond donors (Lipinski definition) is 1. The van der Waals surface area contributed by atoms with E-state index in [4.69, 9.17) is 4.74 Å². The third kappa shape index (κ3) is 5.60. The topological polar surface area (TPSA) is 54.5 Å². The van der Waals surface area contributed by atoms with E-state index in [-0.39, 0.29) is 6.03 Å². The maximum atomic E-state index is 12.6. The van der Waals surface area contributed by atoms with Crippen molar-refractivity contribution in [2.75, 3.05) is 25.6 Å². The lowest BCUT2D eigenvalue weighted by molar-refractivity contribution is 0.152. The zero-order valence-electron chi connectivity index (χ0n) is 12.6. The largest absolute Gasteiger partial charge is 0.383 e. The molecule has 5 nitrogen and oxygen atoms in total. The molecule has 1 heterocycles. The summed E-state index contributed by atoms with van der Waals surface area (Å²) in [4.78, 5) is 18.4. The van der Waals surface area contributed by atoms with Gasteiger partial charge in [-0.3, -0.25) is 4.98 Å². The van der Waals surface area contributed by atoms with Gasteiger partial charge in [0.2, 0.25) is 0 Å². The van der Waals surface area contributed by atoms with Crippen LogP contribution in [0.3, 0.4) is 0 Å². The van der Waals surface area contributed by atoms with Gasteiger partial charge in [0.15, 0.2) is 0 Å². The van der Waals surface area contributed by atoms with E-state index in [2.05, 4.69) is 42.2 Å². The van der Waals surface area contributed by atoms with Crippen LogP contribution in [0, 0.1) is 0 Å². The van der Waals surface area contributed by atoms with E-state index < -0.39 is 0 Å². The monoisotopic (exact) mass is 441 g/mol. The molecule has 0 aliphatic carbocycles. The zero-order chi connectivity index (χ0) is 16.7. The third-order valence-corrected chi connectivity index (χ3v) is 4.30. The van der Waals surface area contributed by atoms with Crippen LogP contribution in [0.4, 0.5) is 10.5 Å². The highest BCUT2D eigenvalue weighted by atomic mass is 79.9. The molecular formula is C16H17Br2N3O2. The summed E-state index contributed by atoms with van der Waals surface area (Å²) in [7, 11) is 1.62. The van der Waals surface area contributed by atoms with Gasteiger partial charge in [-0.15, -0.1) is 0 Å². The van der Waals surface area contributed by atoms with Crippen molar-refractivity contribution in [2.24, 2.45) is 0 Å². The van der Waals surface area contributed by atoms with Crippen molar-refractivity contribution in [3.8, 4) is 0 Å². The Morgan fingerprint density at radius 3 is 2.87 bits per heavy atom. The Bertz CT molecular complexity index is 653. The number of carbonyl (C=O) groups is 1. The first-order valence-electron chi connectivity index (χ1n) is 6.99. The summed E-state index contributed by atoms with van der Waals surface area (Å²) < 4.78 is 6.82. The molecule has 2 amide bonds. The fourth-order valence-corrected chi connectivity index (χ4v) is 2.66. The molecule has 23 heavy (non-hydrogen) atoms. The molecule has 1 aromatic heterocycles. The normalized spacial score (nSPS) is 10.4. The lowest BCUT2D eigenvalue weighted by atomic mass is 10.2. The number of urea groups is 1. The Kier molecular flexibility index (Phi) is 7.01. The van der Waals surface area contributed by atoms with Gasteiger partial charge < -0.3 is 15.0 Å². The SMILES string of the molecule is COCCN(Cc1cccnc1)C(=O)Nc1cc(Br)ccc1Br. The van der Waals surface area contributed by atoms with E-state index >= 15 is 0 Å². The number of aromatic nitrogens is 1. The second-order valence-corrected chi connectivity index (χ2v) is 6.60. The Hall–Kier alpha value is -1.44. The number of nitrogens with one attached hydrogen (secondary N) is 1. The summed E-state index contributed by atoms with van der Waals surface area (Å²) in [5.74, 6) is 0. The Morgan fingerprint density at radius 2 is 2.17 bits per heavy atom. The van der Waals surface area contributed by atoms with Crippen molar-refractivity contribution in [3.05, 3.63) is 57.2 Å². The number of carbonyl (C=O) groups excluding carboxylic acids is 1. The third-order valence-electron chi connectivity index (χ3n) is 3.12. The summed E-state index contributed by atoms with van der Waals surface area (Å²) in [6, 6.07) is 9.23. The molecule has 0 saturated carbocycles. The molecule has 1 N–H and O–H groups in total. The fourth-order valence-electron chi connectivity index (χ4n) is 1.95. The highest BCUT2D eigenvalue weighted by Crippen LogP contribution is 2.26. The van der Waals surface area contributed by atoms with E-state index in [0.29, 0.717) is 25.4 Å². The summed E-state index contributed by atoms with van der Waals surface area (Å²) in [5.41, 5.74) is 1.67. The molecule has 2 rings (SSSR count). The summed E-state index contributed by atoms with van der Waals surface area (Å²) in [5, 5.41) is 2.91. The smallest absolute Gasteiger partial charge is 0.322 e. The van der Waals surface area contributed by atoms with Gasteiger partial charge >= 0.3 is 6.03 Å². The number of nitrogens with zero attached hydrogens (tertiary/aromatic N) is 2. The second kappa shape index (κ2) is 9.00. The van der Waals surface area contributed by atoms with Crippen LogP contribution in [-0.4, -0.2) is 36.2 Å². The van der Waals surface area contributed by atoms with Crippen LogP contribution in [0.2, 0.25) is 0 Å². The minimum Gasteiger partial charge on any atom is -0.383 e. The number of anilines is 1. The van der Waals surface area contributed by atoms with Crippen LogP contribution in [0.5, 0.6) is 0 Å². The van der Waals surface area contributed by atoms with Crippen LogP contribution in [0.1, 0.15) is 5.56 Å². The standard InChI is InChI=1S/C16H17Br2N3O2/c1-23-8-7-21(11-12-3-2-6-19-10-12)16(22)20-15-9-13(17)4-5-14(15)18/h2-6,9-10H,7-8,11H2,1H3,(H,20,22). The quantitative estimate of drug-likeness (QED) is 0.725. The second-order valence-electron chi connectivity index (χ2n) is 4.83. The number of halogens is 2. The number of methoxy groups -OCH3 is 1. The van der Waals surface area contributed by atoms with Gasteiger partial charge in [0.1, 0.15) is 0 Å². The molecule has 1 aromatic carbocycles. The van der Waals surface area contributed by atoms with Gasteiger partial charge in [0, 0.05) is 41.5 Å². The molecule has 0 fully saturated rings. The lowest BCUT2D eigenvalue weighted by Crippen LogP contribution is -2.37. The molecular weight excluding hydrogens is 426 g/mol. The van der Waals surface area contributed by atoms with Crippen molar-refractivity contribution in [3.63, 3.8) is 0 Å². The van der Waals surface area contributed by atoms with Gasteiger partial charge in [-0.2, -0.15) is 0 Å². The van der Waals surface area contributed by atoms with Crippen LogP contribution in [0.25, 0.3) is 0 Å². The first kappa shape index (κ1) is 17.9. The van der Waals surface area contributed by atoms with Gasteiger partial charge in [-0.1, -0.05) is 22.0 Å². The number of ether oxygens (including phenoxy) is 1. The molecule has 0 spiro atoms. The molecule has 0 bridgehead atoms. The van der Waals surface area contributed by atoms with Gasteiger partial charge in [0.05, 0.1) is 12.3 Å². The highest BCUT2D eigenvalue weighted by Gasteiger charge is 2.15. The first-order valence-corrected chi connectivity index (χ1v) is 8.57. The van der Waals surface area contributed by atoms with E-state index in [1.807, 2.05) is 30.3 Å². The summed E-state index contributed by atoms with van der Waals surface area (Å²) in [6.45, 7) is 1.42. The van der Waals surface area contributed by atoms with E-state index in [0.717, 1.165) is 14.5 Å². The van der Waals surface area contributed by atoms with E-state index in [9.17, 15) is 4.79 Å². The molecule has 7 heteroatoms. The maximum absolute atomic E-state index is 12.6. The van der Waals surface area contributed by atoms with Crippen molar-refractivity contribution in [1.29, 1.82) is 0 Å². The minimum absolute atomic E-state index is 0.190. The van der Waals surface area contributed by atoms with Gasteiger partial charge in [0.25, 0.3) is 0 Å². The number of pyridine rings is 1. The predicted molar refractivity (Wildman–Crippen MR) is 97.4 cm³/mol. The van der Waals surface area contributed by atoms with Crippen LogP contribution in [-0.2, 0) is 11.3 Å². The predicted octanol–water partition coefficient (Wildman–Crippen LogP) is 4.29. The molecule has 0 aliphatic heterocycles. The van der Waals surface area contributed by atoms with Crippen LogP contribution < -0.4 is 5.32 Å². The maximum Gasteiger partial charge on any atom is 0.322 e.